The van der Waals surface area contributed by atoms with Gasteiger partial charge in [-0.25, -0.2) is 9.53 Å². The highest BCUT2D eigenvalue weighted by molar-refractivity contribution is 5.79. The third-order valence-corrected chi connectivity index (χ3v) is 1.90. The van der Waals surface area contributed by atoms with E-state index in [0.717, 1.165) is 0 Å². The SMILES string of the molecule is Cn1oc(=O)c2cc(C#N)ccc21. The van der Waals surface area contributed by atoms with Gasteiger partial charge in [-0.3, -0.25) is 0 Å². The molecule has 0 bridgehead atoms. The molecule has 0 aliphatic heterocycles. The van der Waals surface area contributed by atoms with Crippen LogP contribution in [0.1, 0.15) is 5.56 Å². The molecule has 0 fully saturated rings. The van der Waals surface area contributed by atoms with Crippen molar-refractivity contribution >= 4 is 10.9 Å². The fourth-order valence-corrected chi connectivity index (χ4v) is 1.27. The van der Waals surface area contributed by atoms with Crippen molar-refractivity contribution in [1.29, 1.82) is 5.26 Å². The van der Waals surface area contributed by atoms with Gasteiger partial charge in [0.15, 0.2) is 0 Å². The van der Waals surface area contributed by atoms with Gasteiger partial charge in [0.2, 0.25) is 0 Å². The predicted octanol–water partition coefficient (Wildman–Crippen LogP) is 1.00. The lowest BCUT2D eigenvalue weighted by Crippen LogP contribution is -1.91. The summed E-state index contributed by atoms with van der Waals surface area (Å²) in [7, 11) is 1.65. The Morgan fingerprint density at radius 1 is 1.54 bits per heavy atom. The van der Waals surface area contributed by atoms with E-state index in [-0.39, 0.29) is 0 Å². The Bertz CT molecular complexity index is 557. The maximum atomic E-state index is 11.2. The molecular weight excluding hydrogens is 168 g/mol. The standard InChI is InChI=1S/C9H6N2O2/c1-11-8-3-2-6(5-10)4-7(8)9(12)13-11/h2-4H,1H3. The number of fused-ring (bicyclic) bond motifs is 1. The molecule has 1 heterocycles. The topological polar surface area (TPSA) is 58.9 Å². The summed E-state index contributed by atoms with van der Waals surface area (Å²) in [5, 5.41) is 9.05. The van der Waals surface area contributed by atoms with Crippen LogP contribution in [0, 0.1) is 11.3 Å². The molecule has 0 N–H and O–H groups in total. The van der Waals surface area contributed by atoms with Crippen molar-refractivity contribution in [2.75, 3.05) is 0 Å². The number of nitriles is 1. The van der Waals surface area contributed by atoms with Crippen molar-refractivity contribution < 1.29 is 4.52 Å². The smallest absolute Gasteiger partial charge is 0.336 e. The zero-order chi connectivity index (χ0) is 9.42. The van der Waals surface area contributed by atoms with E-state index in [1.165, 1.54) is 10.8 Å². The molecule has 2 aromatic rings. The zero-order valence-electron chi connectivity index (χ0n) is 6.94. The van der Waals surface area contributed by atoms with Crippen LogP contribution in [0.15, 0.2) is 27.5 Å². The second-order valence-electron chi connectivity index (χ2n) is 2.72. The molecular formula is C9H6N2O2. The molecule has 13 heavy (non-hydrogen) atoms. The largest absolute Gasteiger partial charge is 0.365 e. The van der Waals surface area contributed by atoms with Crippen LogP contribution in [0.3, 0.4) is 0 Å². The minimum atomic E-state index is -0.408. The number of nitrogens with zero attached hydrogens (tertiary/aromatic N) is 2. The summed E-state index contributed by atoms with van der Waals surface area (Å²) in [6.45, 7) is 0. The lowest BCUT2D eigenvalue weighted by atomic mass is 10.2. The summed E-state index contributed by atoms with van der Waals surface area (Å²) < 4.78 is 6.20. The van der Waals surface area contributed by atoms with Gasteiger partial charge in [0.25, 0.3) is 0 Å². The normalized spacial score (nSPS) is 10.2. The summed E-state index contributed by atoms with van der Waals surface area (Å²) in [5.41, 5.74) is 0.754. The maximum absolute atomic E-state index is 11.2. The third-order valence-electron chi connectivity index (χ3n) is 1.90. The monoisotopic (exact) mass is 174 g/mol. The van der Waals surface area contributed by atoms with E-state index in [1.54, 1.807) is 19.2 Å². The molecule has 4 heteroatoms. The molecule has 2 rings (SSSR count). The van der Waals surface area contributed by atoms with Crippen LogP contribution in [0.2, 0.25) is 0 Å². The quantitative estimate of drug-likeness (QED) is 0.598. The summed E-state index contributed by atoms with van der Waals surface area (Å²) in [5.74, 6) is 0. The van der Waals surface area contributed by atoms with Crippen molar-refractivity contribution in [3.05, 3.63) is 34.2 Å². The minimum Gasteiger partial charge on any atom is -0.336 e. The van der Waals surface area contributed by atoms with Gasteiger partial charge in [-0.2, -0.15) is 5.26 Å². The fourth-order valence-electron chi connectivity index (χ4n) is 1.27. The molecule has 1 aromatic carbocycles. The lowest BCUT2D eigenvalue weighted by molar-refractivity contribution is 0.296. The number of rotatable bonds is 0. The Hall–Kier alpha value is -2.02. The summed E-state index contributed by atoms with van der Waals surface area (Å²) in [6.07, 6.45) is 0. The van der Waals surface area contributed by atoms with Crippen molar-refractivity contribution in [2.45, 2.75) is 0 Å². The number of hydrogen-bond donors (Lipinski definition) is 0. The number of benzene rings is 1. The molecule has 0 saturated carbocycles. The highest BCUT2D eigenvalue weighted by atomic mass is 16.5. The molecule has 4 nitrogen and oxygen atoms in total. The highest BCUT2D eigenvalue weighted by Crippen LogP contribution is 2.11. The summed E-state index contributed by atoms with van der Waals surface area (Å²) in [4.78, 5) is 11.2. The maximum Gasteiger partial charge on any atom is 0.365 e. The molecule has 0 amide bonds. The molecule has 0 unspecified atom stereocenters. The number of aromatic nitrogens is 1. The first-order valence-corrected chi connectivity index (χ1v) is 3.72. The van der Waals surface area contributed by atoms with E-state index in [2.05, 4.69) is 0 Å². The number of hydrogen-bond acceptors (Lipinski definition) is 3. The van der Waals surface area contributed by atoms with Gasteiger partial charge in [0.05, 0.1) is 22.5 Å². The Kier molecular flexibility index (Phi) is 1.46. The molecule has 0 saturated heterocycles. The Morgan fingerprint density at radius 2 is 2.31 bits per heavy atom. The Labute approximate surface area is 73.6 Å². The van der Waals surface area contributed by atoms with Crippen molar-refractivity contribution in [3.8, 4) is 6.07 Å². The van der Waals surface area contributed by atoms with Crippen LogP contribution in [0.5, 0.6) is 0 Å². The van der Waals surface area contributed by atoms with Crippen LogP contribution >= 0.6 is 0 Å². The molecule has 0 aliphatic carbocycles. The number of aryl methyl sites for hydroxylation is 1. The molecule has 0 radical (unpaired) electrons. The lowest BCUT2D eigenvalue weighted by Gasteiger charge is -1.90. The Balaban J connectivity index is 2.94. The van der Waals surface area contributed by atoms with Gasteiger partial charge in [-0.15, -0.1) is 0 Å². The zero-order valence-corrected chi connectivity index (χ0v) is 6.94. The van der Waals surface area contributed by atoms with Gasteiger partial charge in [0, 0.05) is 7.05 Å². The average Bonchev–Trinajstić information content (AvgIpc) is 2.42. The van der Waals surface area contributed by atoms with Gasteiger partial charge < -0.3 is 4.52 Å². The first-order valence-electron chi connectivity index (χ1n) is 3.72. The average molecular weight is 174 g/mol. The van der Waals surface area contributed by atoms with E-state index in [9.17, 15) is 4.79 Å². The molecule has 0 aliphatic rings. The minimum absolute atomic E-state index is 0.408. The van der Waals surface area contributed by atoms with Crippen molar-refractivity contribution in [1.82, 2.24) is 4.74 Å². The summed E-state index contributed by atoms with van der Waals surface area (Å²) >= 11 is 0. The van der Waals surface area contributed by atoms with Gasteiger partial charge in [-0.05, 0) is 18.2 Å². The second kappa shape index (κ2) is 2.49. The molecule has 64 valence electrons. The van der Waals surface area contributed by atoms with Crippen LogP contribution in [-0.4, -0.2) is 4.74 Å². The second-order valence-corrected chi connectivity index (χ2v) is 2.72. The van der Waals surface area contributed by atoms with Gasteiger partial charge in [-0.1, -0.05) is 0 Å². The van der Waals surface area contributed by atoms with Crippen LogP contribution in [-0.2, 0) is 7.05 Å². The van der Waals surface area contributed by atoms with Crippen LogP contribution in [0.25, 0.3) is 10.9 Å². The molecule has 1 aromatic heterocycles. The van der Waals surface area contributed by atoms with Crippen molar-refractivity contribution in [3.63, 3.8) is 0 Å². The Morgan fingerprint density at radius 3 is 3.00 bits per heavy atom. The summed E-state index contributed by atoms with van der Waals surface area (Å²) in [6, 6.07) is 6.84. The van der Waals surface area contributed by atoms with Crippen LogP contribution in [0.4, 0.5) is 0 Å². The van der Waals surface area contributed by atoms with Crippen molar-refractivity contribution in [2.24, 2.45) is 7.05 Å². The van der Waals surface area contributed by atoms with Gasteiger partial charge >= 0.3 is 5.63 Å². The molecule has 0 spiro atoms. The first-order chi connectivity index (χ1) is 6.22. The van der Waals surface area contributed by atoms with E-state index in [0.29, 0.717) is 16.5 Å². The van der Waals surface area contributed by atoms with E-state index >= 15 is 0 Å². The van der Waals surface area contributed by atoms with E-state index in [1.807, 2.05) is 6.07 Å². The van der Waals surface area contributed by atoms with E-state index < -0.39 is 5.63 Å². The third kappa shape index (κ3) is 1.02. The van der Waals surface area contributed by atoms with Crippen LogP contribution < -0.4 is 5.63 Å². The van der Waals surface area contributed by atoms with Gasteiger partial charge in [0.1, 0.15) is 0 Å². The predicted molar refractivity (Wildman–Crippen MR) is 46.2 cm³/mol. The van der Waals surface area contributed by atoms with E-state index in [4.69, 9.17) is 9.78 Å². The highest BCUT2D eigenvalue weighted by Gasteiger charge is 2.06. The molecule has 0 atom stereocenters. The first kappa shape index (κ1) is 7.62. The fraction of sp³-hybridized carbons (Fsp3) is 0.111.